The topological polar surface area (TPSA) is 41.1 Å². The quantitative estimate of drug-likeness (QED) is 0.812. The molecule has 0 aliphatic carbocycles. The number of benzene rings is 1. The van der Waals surface area contributed by atoms with Gasteiger partial charge in [-0.1, -0.05) is 32.9 Å². The second-order valence-corrected chi connectivity index (χ2v) is 5.01. The number of anilines is 1. The number of carbonyl (C=O) groups is 1. The van der Waals surface area contributed by atoms with Crippen molar-refractivity contribution in [2.45, 2.75) is 27.7 Å². The first kappa shape index (κ1) is 14.6. The summed E-state index contributed by atoms with van der Waals surface area (Å²) >= 11 is 0. The molecule has 0 radical (unpaired) electrons. The first-order valence-electron chi connectivity index (χ1n) is 6.67. The molecule has 0 fully saturated rings. The zero-order valence-electron chi connectivity index (χ0n) is 11.8. The highest BCUT2D eigenvalue weighted by atomic mass is 16.1. The Hall–Kier alpha value is -1.51. The summed E-state index contributed by atoms with van der Waals surface area (Å²) in [6.45, 7) is 10.0. The maximum Gasteiger partial charge on any atom is 0.253 e. The van der Waals surface area contributed by atoms with Gasteiger partial charge >= 0.3 is 0 Å². The van der Waals surface area contributed by atoms with Gasteiger partial charge in [0, 0.05) is 18.8 Å². The zero-order chi connectivity index (χ0) is 13.5. The van der Waals surface area contributed by atoms with Crippen LogP contribution in [0, 0.1) is 11.8 Å². The third kappa shape index (κ3) is 4.06. The molecule has 0 spiro atoms. The molecule has 3 heteroatoms. The van der Waals surface area contributed by atoms with Crippen molar-refractivity contribution in [1.29, 1.82) is 0 Å². The predicted molar refractivity (Wildman–Crippen MR) is 76.9 cm³/mol. The van der Waals surface area contributed by atoms with Gasteiger partial charge in [0.2, 0.25) is 0 Å². The van der Waals surface area contributed by atoms with E-state index in [1.807, 2.05) is 31.2 Å². The minimum atomic E-state index is -0.000880. The van der Waals surface area contributed by atoms with Crippen LogP contribution in [0.5, 0.6) is 0 Å². The average Bonchev–Trinajstić information content (AvgIpc) is 2.36. The van der Waals surface area contributed by atoms with Crippen molar-refractivity contribution in [3.05, 3.63) is 29.8 Å². The molecule has 0 heterocycles. The van der Waals surface area contributed by atoms with Crippen LogP contribution in [0.25, 0.3) is 0 Å². The van der Waals surface area contributed by atoms with Gasteiger partial charge in [-0.05, 0) is 30.9 Å². The van der Waals surface area contributed by atoms with Crippen LogP contribution < -0.4 is 10.6 Å². The van der Waals surface area contributed by atoms with Crippen molar-refractivity contribution < 1.29 is 4.79 Å². The molecule has 2 N–H and O–H groups in total. The Morgan fingerprint density at radius 1 is 1.22 bits per heavy atom. The standard InChI is InChI=1S/C15H24N2O/c1-5-16-14-9-7-6-8-13(14)15(18)17-10-12(4)11(2)3/h6-9,11-12,16H,5,10H2,1-4H3,(H,17,18). The number of amides is 1. The van der Waals surface area contributed by atoms with Gasteiger partial charge in [0.25, 0.3) is 5.91 Å². The predicted octanol–water partition coefficient (Wildman–Crippen LogP) is 3.14. The zero-order valence-corrected chi connectivity index (χ0v) is 11.8. The van der Waals surface area contributed by atoms with E-state index < -0.39 is 0 Å². The Morgan fingerprint density at radius 2 is 1.89 bits per heavy atom. The first-order chi connectivity index (χ1) is 8.56. The van der Waals surface area contributed by atoms with Gasteiger partial charge in [-0.15, -0.1) is 0 Å². The van der Waals surface area contributed by atoms with Crippen molar-refractivity contribution in [2.24, 2.45) is 11.8 Å². The number of hydrogen-bond acceptors (Lipinski definition) is 2. The van der Waals surface area contributed by atoms with Crippen molar-refractivity contribution in [2.75, 3.05) is 18.4 Å². The van der Waals surface area contributed by atoms with Gasteiger partial charge in [-0.25, -0.2) is 0 Å². The minimum absolute atomic E-state index is 0.000880. The average molecular weight is 248 g/mol. The molecular formula is C15H24N2O. The second kappa shape index (κ2) is 7.04. The summed E-state index contributed by atoms with van der Waals surface area (Å²) in [5.74, 6) is 1.06. The van der Waals surface area contributed by atoms with E-state index in [0.29, 0.717) is 11.8 Å². The Morgan fingerprint density at radius 3 is 2.50 bits per heavy atom. The van der Waals surface area contributed by atoms with Crippen LogP contribution >= 0.6 is 0 Å². The minimum Gasteiger partial charge on any atom is -0.385 e. The molecule has 1 atom stereocenters. The molecule has 100 valence electrons. The molecule has 0 saturated carbocycles. The Bertz CT molecular complexity index is 388. The fraction of sp³-hybridized carbons (Fsp3) is 0.533. The summed E-state index contributed by atoms with van der Waals surface area (Å²) in [6, 6.07) is 7.62. The van der Waals surface area contributed by atoms with E-state index in [-0.39, 0.29) is 5.91 Å². The Labute approximate surface area is 110 Å². The van der Waals surface area contributed by atoms with Crippen LogP contribution in [0.15, 0.2) is 24.3 Å². The molecule has 1 aromatic carbocycles. The summed E-state index contributed by atoms with van der Waals surface area (Å²) in [6.07, 6.45) is 0. The molecule has 1 unspecified atom stereocenters. The molecular weight excluding hydrogens is 224 g/mol. The van der Waals surface area contributed by atoms with Gasteiger partial charge in [0.1, 0.15) is 0 Å². The van der Waals surface area contributed by atoms with Crippen LogP contribution in [0.4, 0.5) is 5.69 Å². The SMILES string of the molecule is CCNc1ccccc1C(=O)NCC(C)C(C)C. The maximum absolute atomic E-state index is 12.1. The molecule has 18 heavy (non-hydrogen) atoms. The van der Waals surface area contributed by atoms with Crippen molar-refractivity contribution >= 4 is 11.6 Å². The maximum atomic E-state index is 12.1. The van der Waals surface area contributed by atoms with E-state index in [4.69, 9.17) is 0 Å². The van der Waals surface area contributed by atoms with E-state index in [2.05, 4.69) is 31.4 Å². The van der Waals surface area contributed by atoms with E-state index in [1.165, 1.54) is 0 Å². The van der Waals surface area contributed by atoms with Crippen molar-refractivity contribution in [1.82, 2.24) is 5.32 Å². The fourth-order valence-electron chi connectivity index (χ4n) is 1.61. The van der Waals surface area contributed by atoms with Crippen molar-refractivity contribution in [3.8, 4) is 0 Å². The van der Waals surface area contributed by atoms with Gasteiger partial charge in [-0.3, -0.25) is 4.79 Å². The Balaban J connectivity index is 2.66. The summed E-state index contributed by atoms with van der Waals surface area (Å²) in [4.78, 5) is 12.1. The largest absolute Gasteiger partial charge is 0.385 e. The van der Waals surface area contributed by atoms with Crippen molar-refractivity contribution in [3.63, 3.8) is 0 Å². The highest BCUT2D eigenvalue weighted by Crippen LogP contribution is 2.15. The third-order valence-corrected chi connectivity index (χ3v) is 3.26. The molecule has 1 rings (SSSR count). The third-order valence-electron chi connectivity index (χ3n) is 3.26. The molecule has 0 aromatic heterocycles. The fourth-order valence-corrected chi connectivity index (χ4v) is 1.61. The lowest BCUT2D eigenvalue weighted by molar-refractivity contribution is 0.0945. The van der Waals surface area contributed by atoms with E-state index in [0.717, 1.165) is 24.3 Å². The van der Waals surface area contributed by atoms with Gasteiger partial charge < -0.3 is 10.6 Å². The number of nitrogens with one attached hydrogen (secondary N) is 2. The molecule has 0 saturated heterocycles. The second-order valence-electron chi connectivity index (χ2n) is 5.01. The highest BCUT2D eigenvalue weighted by Gasteiger charge is 2.12. The van der Waals surface area contributed by atoms with Crippen LogP contribution in [0.3, 0.4) is 0 Å². The summed E-state index contributed by atoms with van der Waals surface area (Å²) in [5, 5.41) is 6.21. The lowest BCUT2D eigenvalue weighted by Crippen LogP contribution is -2.30. The van der Waals surface area contributed by atoms with Gasteiger partial charge in [0.05, 0.1) is 5.56 Å². The summed E-state index contributed by atoms with van der Waals surface area (Å²) in [5.41, 5.74) is 1.62. The number of carbonyl (C=O) groups excluding carboxylic acids is 1. The molecule has 0 aliphatic rings. The van der Waals surface area contributed by atoms with E-state index >= 15 is 0 Å². The van der Waals surface area contributed by atoms with Crippen LogP contribution in [-0.4, -0.2) is 19.0 Å². The molecule has 3 nitrogen and oxygen atoms in total. The molecule has 0 aliphatic heterocycles. The first-order valence-corrected chi connectivity index (χ1v) is 6.67. The monoisotopic (exact) mass is 248 g/mol. The van der Waals surface area contributed by atoms with E-state index in [9.17, 15) is 4.79 Å². The lowest BCUT2D eigenvalue weighted by atomic mass is 9.98. The van der Waals surface area contributed by atoms with Crippen LogP contribution in [0.2, 0.25) is 0 Å². The van der Waals surface area contributed by atoms with Crippen LogP contribution in [0.1, 0.15) is 38.1 Å². The summed E-state index contributed by atoms with van der Waals surface area (Å²) in [7, 11) is 0. The smallest absolute Gasteiger partial charge is 0.253 e. The lowest BCUT2D eigenvalue weighted by Gasteiger charge is -2.17. The summed E-state index contributed by atoms with van der Waals surface area (Å²) < 4.78 is 0. The normalized spacial score (nSPS) is 12.3. The molecule has 1 aromatic rings. The van der Waals surface area contributed by atoms with E-state index in [1.54, 1.807) is 0 Å². The molecule has 0 bridgehead atoms. The molecule has 1 amide bonds. The number of rotatable bonds is 6. The Kier molecular flexibility index (Phi) is 5.69. The van der Waals surface area contributed by atoms with Crippen LogP contribution in [-0.2, 0) is 0 Å². The number of para-hydroxylation sites is 1. The highest BCUT2D eigenvalue weighted by molar-refractivity contribution is 5.99. The van der Waals surface area contributed by atoms with Gasteiger partial charge in [-0.2, -0.15) is 0 Å². The number of hydrogen-bond donors (Lipinski definition) is 2. The van der Waals surface area contributed by atoms with Gasteiger partial charge in [0.15, 0.2) is 0 Å².